The SMILES string of the molecule is N#Cc1cc(NCc2cccc(CN3C[C@H](O)[C@@H](O)[C@H](O)[C@H]3CO)c2)cc(C2=COCCO2)c1. The Morgan fingerprint density at radius 3 is 2.62 bits per heavy atom. The van der Waals surface area contributed by atoms with Crippen LogP contribution in [-0.4, -0.2) is 76.0 Å². The Kier molecular flexibility index (Phi) is 7.67. The van der Waals surface area contributed by atoms with Gasteiger partial charge in [-0.3, -0.25) is 4.90 Å². The molecule has 0 spiro atoms. The van der Waals surface area contributed by atoms with Gasteiger partial charge in [0.25, 0.3) is 0 Å². The summed E-state index contributed by atoms with van der Waals surface area (Å²) in [5.74, 6) is 0.586. The van der Waals surface area contributed by atoms with Crippen molar-refractivity contribution in [3.63, 3.8) is 0 Å². The van der Waals surface area contributed by atoms with Crippen LogP contribution in [0.15, 0.2) is 48.7 Å². The van der Waals surface area contributed by atoms with Crippen molar-refractivity contribution >= 4 is 11.4 Å². The van der Waals surface area contributed by atoms with E-state index in [1.165, 1.54) is 0 Å². The summed E-state index contributed by atoms with van der Waals surface area (Å²) in [7, 11) is 0. The number of aliphatic hydroxyl groups is 4. The molecule has 0 aromatic heterocycles. The number of aliphatic hydroxyl groups excluding tert-OH is 4. The largest absolute Gasteiger partial charge is 0.494 e. The van der Waals surface area contributed by atoms with Crippen molar-refractivity contribution in [1.82, 2.24) is 4.90 Å². The Morgan fingerprint density at radius 2 is 1.88 bits per heavy atom. The molecule has 180 valence electrons. The number of rotatable bonds is 7. The fourth-order valence-corrected chi connectivity index (χ4v) is 4.29. The van der Waals surface area contributed by atoms with Crippen molar-refractivity contribution in [2.24, 2.45) is 0 Å². The highest BCUT2D eigenvalue weighted by Crippen LogP contribution is 2.25. The molecular weight excluding hydrogens is 438 g/mol. The first-order valence-electron chi connectivity index (χ1n) is 11.2. The summed E-state index contributed by atoms with van der Waals surface area (Å²) in [5.41, 5.74) is 3.97. The van der Waals surface area contributed by atoms with Gasteiger partial charge in [-0.2, -0.15) is 5.26 Å². The monoisotopic (exact) mass is 467 g/mol. The van der Waals surface area contributed by atoms with Crippen LogP contribution in [0.3, 0.4) is 0 Å². The maximum Gasteiger partial charge on any atom is 0.161 e. The third-order valence-electron chi connectivity index (χ3n) is 6.09. The molecule has 4 atom stereocenters. The second kappa shape index (κ2) is 10.9. The molecule has 2 heterocycles. The van der Waals surface area contributed by atoms with E-state index in [-0.39, 0.29) is 13.2 Å². The summed E-state index contributed by atoms with van der Waals surface area (Å²) in [5, 5.41) is 52.6. The van der Waals surface area contributed by atoms with Crippen molar-refractivity contribution in [1.29, 1.82) is 5.26 Å². The van der Waals surface area contributed by atoms with Crippen LogP contribution in [0.2, 0.25) is 0 Å². The van der Waals surface area contributed by atoms with Gasteiger partial charge in [-0.15, -0.1) is 0 Å². The van der Waals surface area contributed by atoms with E-state index in [0.717, 1.165) is 22.4 Å². The second-order valence-corrected chi connectivity index (χ2v) is 8.51. The molecule has 2 aromatic carbocycles. The number of nitrogens with one attached hydrogen (secondary N) is 1. The topological polar surface area (TPSA) is 138 Å². The van der Waals surface area contributed by atoms with Gasteiger partial charge in [0.05, 0.1) is 30.4 Å². The molecule has 0 saturated carbocycles. The van der Waals surface area contributed by atoms with Gasteiger partial charge in [0.2, 0.25) is 0 Å². The molecule has 1 saturated heterocycles. The first-order valence-corrected chi connectivity index (χ1v) is 11.2. The molecule has 4 rings (SSSR count). The molecule has 0 radical (unpaired) electrons. The molecule has 0 unspecified atom stereocenters. The predicted molar refractivity (Wildman–Crippen MR) is 124 cm³/mol. The van der Waals surface area contributed by atoms with Gasteiger partial charge in [-0.05, 0) is 29.3 Å². The Morgan fingerprint density at radius 1 is 1.06 bits per heavy atom. The molecule has 9 nitrogen and oxygen atoms in total. The molecular formula is C25H29N3O6. The van der Waals surface area contributed by atoms with E-state index < -0.39 is 24.4 Å². The molecule has 0 aliphatic carbocycles. The van der Waals surface area contributed by atoms with Gasteiger partial charge in [0.1, 0.15) is 31.7 Å². The molecule has 2 aliphatic heterocycles. The van der Waals surface area contributed by atoms with E-state index >= 15 is 0 Å². The number of nitriles is 1. The highest BCUT2D eigenvalue weighted by atomic mass is 16.6. The third kappa shape index (κ3) is 5.50. The Bertz CT molecular complexity index is 1070. The van der Waals surface area contributed by atoms with Gasteiger partial charge in [0.15, 0.2) is 5.76 Å². The van der Waals surface area contributed by atoms with Gasteiger partial charge in [-0.25, -0.2) is 0 Å². The normalized spacial score (nSPS) is 25.0. The summed E-state index contributed by atoms with van der Waals surface area (Å²) in [6.45, 7) is 1.69. The molecule has 9 heteroatoms. The van der Waals surface area contributed by atoms with Crippen molar-refractivity contribution < 1.29 is 29.9 Å². The zero-order valence-electron chi connectivity index (χ0n) is 18.7. The number of nitrogens with zero attached hydrogens (tertiary/aromatic N) is 2. The number of anilines is 1. The van der Waals surface area contributed by atoms with Crippen molar-refractivity contribution in [2.45, 2.75) is 37.4 Å². The zero-order valence-corrected chi connectivity index (χ0v) is 18.7. The fraction of sp³-hybridized carbons (Fsp3) is 0.400. The van der Waals surface area contributed by atoms with Crippen molar-refractivity contribution in [2.75, 3.05) is 31.7 Å². The summed E-state index contributed by atoms with van der Waals surface area (Å²) < 4.78 is 11.0. The van der Waals surface area contributed by atoms with Crippen LogP contribution in [0.4, 0.5) is 5.69 Å². The number of β-amino-alcohol motifs (C(OH)–C–C–N with tert-alkyl or cyclic N) is 1. The van der Waals surface area contributed by atoms with Crippen LogP contribution >= 0.6 is 0 Å². The quantitative estimate of drug-likeness (QED) is 0.400. The Balaban J connectivity index is 1.45. The average Bonchev–Trinajstić information content (AvgIpc) is 2.87. The van der Waals surface area contributed by atoms with Gasteiger partial charge >= 0.3 is 0 Å². The lowest BCUT2D eigenvalue weighted by Crippen LogP contribution is -2.62. The second-order valence-electron chi connectivity index (χ2n) is 8.51. The minimum Gasteiger partial charge on any atom is -0.494 e. The standard InChI is InChI=1S/C25H29N3O6/c26-10-18-7-19(23-15-33-4-5-34-23)9-20(8-18)27-11-16-2-1-3-17(6-16)12-28-13-22(30)25(32)24(31)21(28)14-29/h1-3,6-9,15,21-22,24-25,27,29-32H,4-5,11-14H2/t21-,22+,24-,25-/m1/s1. The Labute approximate surface area is 198 Å². The maximum atomic E-state index is 10.2. The number of likely N-dealkylation sites (tertiary alicyclic amines) is 1. The van der Waals surface area contributed by atoms with Crippen molar-refractivity contribution in [3.8, 4) is 6.07 Å². The van der Waals surface area contributed by atoms with Crippen LogP contribution in [0.1, 0.15) is 22.3 Å². The summed E-state index contributed by atoms with van der Waals surface area (Å²) >= 11 is 0. The van der Waals surface area contributed by atoms with Crippen molar-refractivity contribution in [3.05, 3.63) is 71.0 Å². The number of ether oxygens (including phenoxy) is 2. The maximum absolute atomic E-state index is 10.2. The van der Waals surface area contributed by atoms with Gasteiger partial charge < -0.3 is 35.2 Å². The van der Waals surface area contributed by atoms with E-state index in [0.29, 0.717) is 37.6 Å². The summed E-state index contributed by atoms with van der Waals surface area (Å²) in [6.07, 6.45) is -2.04. The first kappa shape index (κ1) is 24.0. The highest BCUT2D eigenvalue weighted by molar-refractivity contribution is 5.66. The molecule has 0 bridgehead atoms. The molecule has 0 amide bonds. The first-order chi connectivity index (χ1) is 16.5. The number of piperidine rings is 1. The van der Waals surface area contributed by atoms with Crippen LogP contribution in [-0.2, 0) is 22.6 Å². The van der Waals surface area contributed by atoms with Crippen LogP contribution in [0.25, 0.3) is 5.76 Å². The minimum atomic E-state index is -1.28. The lowest BCUT2D eigenvalue weighted by Gasteiger charge is -2.43. The molecule has 1 fully saturated rings. The molecule has 2 aliphatic rings. The number of hydrogen-bond acceptors (Lipinski definition) is 9. The third-order valence-corrected chi connectivity index (χ3v) is 6.09. The molecule has 5 N–H and O–H groups in total. The Hall–Kier alpha value is -3.13. The number of benzene rings is 2. The van der Waals surface area contributed by atoms with E-state index in [2.05, 4.69) is 11.4 Å². The lowest BCUT2D eigenvalue weighted by atomic mass is 9.93. The smallest absolute Gasteiger partial charge is 0.161 e. The zero-order chi connectivity index (χ0) is 24.1. The predicted octanol–water partition coefficient (Wildman–Crippen LogP) is 0.775. The van der Waals surface area contributed by atoms with Crippen LogP contribution in [0.5, 0.6) is 0 Å². The van der Waals surface area contributed by atoms with Crippen LogP contribution in [0, 0.1) is 11.3 Å². The number of hydrogen-bond donors (Lipinski definition) is 5. The minimum absolute atomic E-state index is 0.150. The van der Waals surface area contributed by atoms with Crippen LogP contribution < -0.4 is 5.32 Å². The fourth-order valence-electron chi connectivity index (χ4n) is 4.29. The van der Waals surface area contributed by atoms with E-state index in [1.807, 2.05) is 30.3 Å². The van der Waals surface area contributed by atoms with E-state index in [1.54, 1.807) is 23.3 Å². The molecule has 34 heavy (non-hydrogen) atoms. The van der Waals surface area contributed by atoms with E-state index in [4.69, 9.17) is 9.47 Å². The summed E-state index contributed by atoms with van der Waals surface area (Å²) in [4.78, 5) is 1.78. The average molecular weight is 468 g/mol. The highest BCUT2D eigenvalue weighted by Gasteiger charge is 2.40. The van der Waals surface area contributed by atoms with Gasteiger partial charge in [0, 0.05) is 30.9 Å². The lowest BCUT2D eigenvalue weighted by molar-refractivity contribution is -0.147. The molecule has 2 aromatic rings. The van der Waals surface area contributed by atoms with E-state index in [9.17, 15) is 25.7 Å². The summed E-state index contributed by atoms with van der Waals surface area (Å²) in [6, 6.07) is 14.8. The van der Waals surface area contributed by atoms with Gasteiger partial charge in [-0.1, -0.05) is 24.3 Å².